The summed E-state index contributed by atoms with van der Waals surface area (Å²) in [5.41, 5.74) is 4.77. The molecule has 0 fully saturated rings. The minimum absolute atomic E-state index is 0.0719. The number of anilines is 1. The highest BCUT2D eigenvalue weighted by molar-refractivity contribution is 7.99. The fourth-order valence-electron chi connectivity index (χ4n) is 3.74. The van der Waals surface area contributed by atoms with Gasteiger partial charge in [-0.1, -0.05) is 37.7 Å². The highest BCUT2D eigenvalue weighted by Crippen LogP contribution is 2.21. The summed E-state index contributed by atoms with van der Waals surface area (Å²) in [6.45, 7) is 4.19. The lowest BCUT2D eigenvalue weighted by molar-refractivity contribution is 0.102. The predicted octanol–water partition coefficient (Wildman–Crippen LogP) is 2.11. The van der Waals surface area contributed by atoms with Gasteiger partial charge in [0, 0.05) is 13.6 Å². The van der Waals surface area contributed by atoms with Crippen molar-refractivity contribution in [3.05, 3.63) is 85.2 Å². The third-order valence-electron chi connectivity index (χ3n) is 5.46. The number of benzene rings is 1. The molecule has 0 bridgehead atoms. The Hall–Kier alpha value is -3.86. The molecule has 0 unspecified atom stereocenters. The molecule has 1 aromatic carbocycles. The number of fused-ring (bicyclic) bond motifs is 1. The Morgan fingerprint density at radius 1 is 1.09 bits per heavy atom. The zero-order valence-electron chi connectivity index (χ0n) is 19.6. The smallest absolute Gasteiger partial charge is 0.332 e. The van der Waals surface area contributed by atoms with Crippen molar-refractivity contribution in [1.82, 2.24) is 18.7 Å². The zero-order chi connectivity index (χ0) is 25.3. The number of carbonyl (C=O) groups excluding carboxylic acids is 1. The van der Waals surface area contributed by atoms with Gasteiger partial charge in [-0.2, -0.15) is 0 Å². The number of hydrogen-bond acceptors (Lipinski definition) is 8. The van der Waals surface area contributed by atoms with Crippen molar-refractivity contribution in [2.24, 2.45) is 13.0 Å². The average molecular weight is 496 g/mol. The topological polar surface area (TPSA) is 135 Å². The van der Waals surface area contributed by atoms with Crippen molar-refractivity contribution < 1.29 is 9.21 Å². The maximum atomic E-state index is 13.2. The van der Waals surface area contributed by atoms with E-state index in [1.807, 2.05) is 13.8 Å². The first kappa shape index (κ1) is 24.3. The number of Topliss-reactive ketones (excluding diaryl/α,β-unsaturated/α-hetero) is 1. The van der Waals surface area contributed by atoms with Crippen LogP contribution in [-0.2, 0) is 20.1 Å². The van der Waals surface area contributed by atoms with Crippen molar-refractivity contribution >= 4 is 34.3 Å². The molecule has 4 rings (SSSR count). The monoisotopic (exact) mass is 495 g/mol. The zero-order valence-corrected chi connectivity index (χ0v) is 20.4. The molecule has 0 amide bonds. The second-order valence-corrected chi connectivity index (χ2v) is 9.45. The Morgan fingerprint density at radius 2 is 1.83 bits per heavy atom. The minimum atomic E-state index is -0.752. The van der Waals surface area contributed by atoms with Gasteiger partial charge in [0.15, 0.2) is 10.9 Å². The van der Waals surface area contributed by atoms with Crippen LogP contribution in [-0.4, -0.2) is 30.2 Å². The molecular formula is C24H25N5O5S. The number of carbonyl (C=O) groups is 1. The van der Waals surface area contributed by atoms with E-state index in [-0.39, 0.29) is 41.7 Å². The molecule has 0 saturated carbocycles. The van der Waals surface area contributed by atoms with Crippen LogP contribution < -0.4 is 22.5 Å². The number of para-hydroxylation sites is 1. The lowest BCUT2D eigenvalue weighted by Gasteiger charge is -2.16. The molecule has 4 aromatic rings. The van der Waals surface area contributed by atoms with Gasteiger partial charge < -0.3 is 10.2 Å². The molecule has 2 N–H and O–H groups in total. The van der Waals surface area contributed by atoms with Crippen molar-refractivity contribution in [2.75, 3.05) is 11.5 Å². The van der Waals surface area contributed by atoms with Crippen LogP contribution in [0.2, 0.25) is 0 Å². The summed E-state index contributed by atoms with van der Waals surface area (Å²) in [4.78, 5) is 56.2. The first-order valence-corrected chi connectivity index (χ1v) is 11.9. The second kappa shape index (κ2) is 9.79. The summed E-state index contributed by atoms with van der Waals surface area (Å²) in [6.07, 6.45) is 1.51. The van der Waals surface area contributed by atoms with Gasteiger partial charge in [0.25, 0.3) is 11.1 Å². The summed E-state index contributed by atoms with van der Waals surface area (Å²) in [5, 5.41) is 0.734. The predicted molar refractivity (Wildman–Crippen MR) is 134 cm³/mol. The first-order valence-electron chi connectivity index (χ1n) is 11.0. The molecule has 0 aliphatic rings. The number of thioether (sulfide) groups is 1. The van der Waals surface area contributed by atoms with E-state index in [0.29, 0.717) is 21.8 Å². The van der Waals surface area contributed by atoms with E-state index in [2.05, 4.69) is 4.98 Å². The number of aromatic nitrogens is 4. The standard InChI is InChI=1S/C24H25N5O5S/c1-14(2)11-28-20(25)19(22(32)27(3)24(28)33)18(30)13-35-23-26-17-9-5-4-8-16(17)21(31)29(23)12-15-7-6-10-34-15/h4-10,14H,11-13,25H2,1-3H3. The summed E-state index contributed by atoms with van der Waals surface area (Å²) in [7, 11) is 1.32. The maximum absolute atomic E-state index is 13.2. The van der Waals surface area contributed by atoms with Crippen molar-refractivity contribution in [2.45, 2.75) is 32.1 Å². The number of nitrogen functional groups attached to an aromatic ring is 1. The third-order valence-corrected chi connectivity index (χ3v) is 6.44. The summed E-state index contributed by atoms with van der Waals surface area (Å²) >= 11 is 1.02. The number of nitrogens with two attached hydrogens (primary N) is 1. The summed E-state index contributed by atoms with van der Waals surface area (Å²) < 4.78 is 8.96. The largest absolute Gasteiger partial charge is 0.467 e. The number of nitrogens with zero attached hydrogens (tertiary/aromatic N) is 4. The van der Waals surface area contributed by atoms with Crippen LogP contribution in [0.5, 0.6) is 0 Å². The van der Waals surface area contributed by atoms with Crippen molar-refractivity contribution in [3.8, 4) is 0 Å². The molecule has 11 heteroatoms. The Bertz CT molecular complexity index is 1580. The van der Waals surface area contributed by atoms with E-state index < -0.39 is 17.0 Å². The molecule has 35 heavy (non-hydrogen) atoms. The highest BCUT2D eigenvalue weighted by Gasteiger charge is 2.23. The van der Waals surface area contributed by atoms with Crippen molar-refractivity contribution in [1.29, 1.82) is 0 Å². The highest BCUT2D eigenvalue weighted by atomic mass is 32.2. The lowest BCUT2D eigenvalue weighted by Crippen LogP contribution is -2.43. The minimum Gasteiger partial charge on any atom is -0.467 e. The molecule has 182 valence electrons. The van der Waals surface area contributed by atoms with Gasteiger partial charge in [0.05, 0.1) is 29.5 Å². The van der Waals surface area contributed by atoms with E-state index >= 15 is 0 Å². The molecule has 0 aliphatic carbocycles. The van der Waals surface area contributed by atoms with Gasteiger partial charge in [-0.05, 0) is 30.2 Å². The summed E-state index contributed by atoms with van der Waals surface area (Å²) in [5.74, 6) is -0.296. The van der Waals surface area contributed by atoms with Crippen LogP contribution in [0.1, 0.15) is 30.0 Å². The van der Waals surface area contributed by atoms with Gasteiger partial charge in [-0.3, -0.25) is 28.1 Å². The molecule has 0 atom stereocenters. The lowest BCUT2D eigenvalue weighted by atomic mass is 10.2. The van der Waals surface area contributed by atoms with Gasteiger partial charge >= 0.3 is 5.69 Å². The SMILES string of the molecule is CC(C)Cn1c(N)c(C(=O)CSc2nc3ccccc3c(=O)n2Cc2ccco2)c(=O)n(C)c1=O. The molecule has 0 aliphatic heterocycles. The molecular weight excluding hydrogens is 470 g/mol. The maximum Gasteiger partial charge on any atom is 0.332 e. The van der Waals surface area contributed by atoms with Gasteiger partial charge in [0.2, 0.25) is 0 Å². The van der Waals surface area contributed by atoms with Gasteiger partial charge in [0.1, 0.15) is 17.1 Å². The van der Waals surface area contributed by atoms with E-state index in [1.165, 1.54) is 22.4 Å². The molecule has 3 aromatic heterocycles. The van der Waals surface area contributed by atoms with E-state index in [1.54, 1.807) is 36.4 Å². The van der Waals surface area contributed by atoms with E-state index in [0.717, 1.165) is 16.3 Å². The Morgan fingerprint density at radius 3 is 2.51 bits per heavy atom. The fraction of sp³-hybridized carbons (Fsp3) is 0.292. The molecule has 10 nitrogen and oxygen atoms in total. The third kappa shape index (κ3) is 4.72. The number of hydrogen-bond donors (Lipinski definition) is 1. The van der Waals surface area contributed by atoms with Crippen LogP contribution in [0.4, 0.5) is 5.82 Å². The normalized spacial score (nSPS) is 11.4. The van der Waals surface area contributed by atoms with Crippen molar-refractivity contribution in [3.63, 3.8) is 0 Å². The second-order valence-electron chi connectivity index (χ2n) is 8.51. The molecule has 0 radical (unpaired) electrons. The molecule has 0 saturated heterocycles. The van der Waals surface area contributed by atoms with Gasteiger partial charge in [-0.25, -0.2) is 9.78 Å². The van der Waals surface area contributed by atoms with Crippen LogP contribution in [0.15, 0.2) is 66.6 Å². The van der Waals surface area contributed by atoms with Crippen LogP contribution in [0, 0.1) is 5.92 Å². The van der Waals surface area contributed by atoms with Crippen LogP contribution in [0.3, 0.4) is 0 Å². The average Bonchev–Trinajstić information content (AvgIpc) is 3.34. The van der Waals surface area contributed by atoms with E-state index in [9.17, 15) is 19.2 Å². The number of rotatable bonds is 8. The number of furan rings is 1. The van der Waals surface area contributed by atoms with Crippen LogP contribution in [0.25, 0.3) is 10.9 Å². The van der Waals surface area contributed by atoms with E-state index in [4.69, 9.17) is 10.2 Å². The fourth-order valence-corrected chi connectivity index (χ4v) is 4.62. The van der Waals surface area contributed by atoms with Crippen LogP contribution >= 0.6 is 11.8 Å². The van der Waals surface area contributed by atoms with Gasteiger partial charge in [-0.15, -0.1) is 0 Å². The number of ketones is 1. The quantitative estimate of drug-likeness (QED) is 0.223. The first-order chi connectivity index (χ1) is 16.7. The Labute approximate surface area is 204 Å². The molecule has 3 heterocycles. The molecule has 0 spiro atoms. The summed E-state index contributed by atoms with van der Waals surface area (Å²) in [6, 6.07) is 10.4. The Balaban J connectivity index is 1.73. The Kier molecular flexibility index (Phi) is 6.79.